The number of nitrogens with zero attached hydrogens (tertiary/aromatic N) is 2. The predicted octanol–water partition coefficient (Wildman–Crippen LogP) is 4.24. The number of hydrogen-bond acceptors (Lipinski definition) is 4. The first-order chi connectivity index (χ1) is 15.3. The highest BCUT2D eigenvalue weighted by Crippen LogP contribution is 2.25. The first-order valence-electron chi connectivity index (χ1n) is 10.0. The lowest BCUT2D eigenvalue weighted by molar-refractivity contribution is 0.0747. The quantitative estimate of drug-likeness (QED) is 0.601. The Morgan fingerprint density at radius 3 is 2.19 bits per heavy atom. The molecule has 0 unspecified atom stereocenters. The van der Waals surface area contributed by atoms with Crippen LogP contribution in [0.1, 0.15) is 10.4 Å². The van der Waals surface area contributed by atoms with Gasteiger partial charge in [0.2, 0.25) is 0 Å². The topological polar surface area (TPSA) is 69.7 Å². The van der Waals surface area contributed by atoms with E-state index < -0.39 is 10.0 Å². The van der Waals surface area contributed by atoms with Crippen LogP contribution in [0, 0.1) is 5.82 Å². The van der Waals surface area contributed by atoms with E-state index >= 15 is 0 Å². The summed E-state index contributed by atoms with van der Waals surface area (Å²) in [6.45, 7) is 2.22. The SMILES string of the molecule is O=C(c1ccc(NS(=O)(=O)c2ccccc2)cc1Cl)N1CCN(c2ccc(F)cc2)CC1. The number of hydrogen-bond donors (Lipinski definition) is 1. The monoisotopic (exact) mass is 473 g/mol. The summed E-state index contributed by atoms with van der Waals surface area (Å²) >= 11 is 6.33. The molecular weight excluding hydrogens is 453 g/mol. The fraction of sp³-hybridized carbons (Fsp3) is 0.174. The lowest BCUT2D eigenvalue weighted by Gasteiger charge is -2.36. The minimum absolute atomic E-state index is 0.135. The number of piperazine rings is 1. The third-order valence-corrected chi connectivity index (χ3v) is 6.97. The molecule has 1 heterocycles. The number of carbonyl (C=O) groups excluding carboxylic acids is 1. The average molecular weight is 474 g/mol. The summed E-state index contributed by atoms with van der Waals surface area (Å²) in [6.07, 6.45) is 0. The van der Waals surface area contributed by atoms with Gasteiger partial charge in [0, 0.05) is 31.9 Å². The van der Waals surface area contributed by atoms with E-state index in [1.165, 1.54) is 42.5 Å². The number of amides is 1. The molecule has 0 radical (unpaired) electrons. The van der Waals surface area contributed by atoms with Crippen molar-refractivity contribution in [2.45, 2.75) is 4.90 Å². The average Bonchev–Trinajstić information content (AvgIpc) is 2.80. The normalized spacial score (nSPS) is 14.3. The molecule has 0 aliphatic carbocycles. The van der Waals surface area contributed by atoms with Crippen molar-refractivity contribution in [3.63, 3.8) is 0 Å². The maximum Gasteiger partial charge on any atom is 0.261 e. The molecule has 9 heteroatoms. The molecule has 32 heavy (non-hydrogen) atoms. The van der Waals surface area contributed by atoms with Gasteiger partial charge < -0.3 is 9.80 Å². The van der Waals surface area contributed by atoms with Crippen molar-refractivity contribution in [2.75, 3.05) is 35.8 Å². The minimum Gasteiger partial charge on any atom is -0.368 e. The summed E-state index contributed by atoms with van der Waals surface area (Å²) < 4.78 is 40.6. The van der Waals surface area contributed by atoms with Gasteiger partial charge in [0.1, 0.15) is 5.82 Å². The lowest BCUT2D eigenvalue weighted by atomic mass is 10.1. The van der Waals surface area contributed by atoms with E-state index in [2.05, 4.69) is 9.62 Å². The summed E-state index contributed by atoms with van der Waals surface area (Å²) in [4.78, 5) is 16.9. The molecule has 1 amide bonds. The first kappa shape index (κ1) is 22.1. The fourth-order valence-electron chi connectivity index (χ4n) is 3.56. The molecule has 0 atom stereocenters. The zero-order valence-electron chi connectivity index (χ0n) is 17.0. The van der Waals surface area contributed by atoms with Crippen LogP contribution in [0.2, 0.25) is 5.02 Å². The maximum absolute atomic E-state index is 13.1. The Morgan fingerprint density at radius 2 is 1.56 bits per heavy atom. The molecular formula is C23H21ClFN3O3S. The lowest BCUT2D eigenvalue weighted by Crippen LogP contribution is -2.48. The molecule has 0 spiro atoms. The number of sulfonamides is 1. The summed E-state index contributed by atoms with van der Waals surface area (Å²) in [5, 5.41) is 0.171. The summed E-state index contributed by atoms with van der Waals surface area (Å²) in [5.41, 5.74) is 1.49. The van der Waals surface area contributed by atoms with Crippen LogP contribution >= 0.6 is 11.6 Å². The van der Waals surface area contributed by atoms with Gasteiger partial charge in [-0.25, -0.2) is 12.8 Å². The molecule has 1 N–H and O–H groups in total. The third-order valence-electron chi connectivity index (χ3n) is 5.26. The molecule has 1 aliphatic heterocycles. The van der Waals surface area contributed by atoms with E-state index in [1.54, 1.807) is 35.2 Å². The number of halogens is 2. The van der Waals surface area contributed by atoms with Crippen LogP contribution in [0.15, 0.2) is 77.7 Å². The van der Waals surface area contributed by atoms with Crippen molar-refractivity contribution in [1.29, 1.82) is 0 Å². The number of nitrogens with one attached hydrogen (secondary N) is 1. The van der Waals surface area contributed by atoms with Gasteiger partial charge >= 0.3 is 0 Å². The van der Waals surface area contributed by atoms with Gasteiger partial charge in [0.25, 0.3) is 15.9 Å². The Labute approximate surface area is 191 Å². The van der Waals surface area contributed by atoms with Crippen molar-refractivity contribution in [3.05, 3.63) is 89.2 Å². The predicted molar refractivity (Wildman–Crippen MR) is 123 cm³/mol. The van der Waals surface area contributed by atoms with Crippen molar-refractivity contribution >= 4 is 38.9 Å². The minimum atomic E-state index is -3.75. The van der Waals surface area contributed by atoms with E-state index in [1.807, 2.05) is 0 Å². The molecule has 0 aromatic heterocycles. The standard InChI is InChI=1S/C23H21ClFN3O3S/c24-22-16-18(26-32(30,31)20-4-2-1-3-5-20)8-11-21(22)23(29)28-14-12-27(13-15-28)19-9-6-17(25)7-10-19/h1-11,16,26H,12-15H2. The largest absolute Gasteiger partial charge is 0.368 e. The molecule has 1 fully saturated rings. The van der Waals surface area contributed by atoms with Gasteiger partial charge in [-0.15, -0.1) is 0 Å². The van der Waals surface area contributed by atoms with Gasteiger partial charge in [0.05, 0.1) is 21.2 Å². The maximum atomic E-state index is 13.1. The second kappa shape index (κ2) is 9.18. The Kier molecular flexibility index (Phi) is 6.34. The van der Waals surface area contributed by atoms with Crippen LogP contribution < -0.4 is 9.62 Å². The highest BCUT2D eigenvalue weighted by atomic mass is 35.5. The molecule has 0 bridgehead atoms. The van der Waals surface area contributed by atoms with Crippen molar-refractivity contribution in [2.24, 2.45) is 0 Å². The van der Waals surface area contributed by atoms with Gasteiger partial charge in [-0.2, -0.15) is 0 Å². The number of anilines is 2. The molecule has 1 saturated heterocycles. The van der Waals surface area contributed by atoms with E-state index in [9.17, 15) is 17.6 Å². The number of rotatable bonds is 5. The zero-order chi connectivity index (χ0) is 22.7. The van der Waals surface area contributed by atoms with Gasteiger partial charge in [0.15, 0.2) is 0 Å². The fourth-order valence-corrected chi connectivity index (χ4v) is 4.89. The van der Waals surface area contributed by atoms with E-state index in [0.717, 1.165) is 5.69 Å². The van der Waals surface area contributed by atoms with E-state index in [-0.39, 0.29) is 27.3 Å². The second-order valence-corrected chi connectivity index (χ2v) is 9.46. The van der Waals surface area contributed by atoms with Gasteiger partial charge in [-0.1, -0.05) is 29.8 Å². The number of benzene rings is 3. The Balaban J connectivity index is 1.42. The third kappa shape index (κ3) is 4.87. The second-order valence-electron chi connectivity index (χ2n) is 7.37. The smallest absolute Gasteiger partial charge is 0.261 e. The Bertz CT molecular complexity index is 1210. The van der Waals surface area contributed by atoms with Crippen molar-refractivity contribution in [3.8, 4) is 0 Å². The molecule has 3 aromatic rings. The van der Waals surface area contributed by atoms with Crippen LogP contribution in [-0.4, -0.2) is 45.4 Å². The Morgan fingerprint density at radius 1 is 0.906 bits per heavy atom. The van der Waals surface area contributed by atoms with Crippen molar-refractivity contribution < 1.29 is 17.6 Å². The molecule has 3 aromatic carbocycles. The van der Waals surface area contributed by atoms with E-state index in [0.29, 0.717) is 31.7 Å². The van der Waals surface area contributed by atoms with Crippen LogP contribution in [0.4, 0.5) is 15.8 Å². The number of carbonyl (C=O) groups is 1. The molecule has 0 saturated carbocycles. The van der Waals surface area contributed by atoms with Crippen LogP contribution in [0.25, 0.3) is 0 Å². The summed E-state index contributed by atoms with van der Waals surface area (Å²) in [7, 11) is -3.75. The first-order valence-corrected chi connectivity index (χ1v) is 11.9. The van der Waals surface area contributed by atoms with Gasteiger partial charge in [-0.3, -0.25) is 9.52 Å². The van der Waals surface area contributed by atoms with Crippen LogP contribution in [0.3, 0.4) is 0 Å². The molecule has 166 valence electrons. The van der Waals surface area contributed by atoms with Gasteiger partial charge in [-0.05, 0) is 54.6 Å². The van der Waals surface area contributed by atoms with Crippen molar-refractivity contribution in [1.82, 2.24) is 4.90 Å². The summed E-state index contributed by atoms with van der Waals surface area (Å²) in [5.74, 6) is -0.502. The highest BCUT2D eigenvalue weighted by molar-refractivity contribution is 7.92. The zero-order valence-corrected chi connectivity index (χ0v) is 18.6. The van der Waals surface area contributed by atoms with E-state index in [4.69, 9.17) is 11.6 Å². The molecule has 4 rings (SSSR count). The summed E-state index contributed by atoms with van der Waals surface area (Å²) in [6, 6.07) is 18.8. The molecule has 6 nitrogen and oxygen atoms in total. The Hall–Kier alpha value is -3.10. The molecule has 1 aliphatic rings. The van der Waals surface area contributed by atoms with Crippen LogP contribution in [-0.2, 0) is 10.0 Å². The van der Waals surface area contributed by atoms with Crippen LogP contribution in [0.5, 0.6) is 0 Å². The highest BCUT2D eigenvalue weighted by Gasteiger charge is 2.24.